The van der Waals surface area contributed by atoms with Gasteiger partial charge < -0.3 is 5.32 Å². The van der Waals surface area contributed by atoms with E-state index in [9.17, 15) is 26.3 Å². The van der Waals surface area contributed by atoms with Crippen molar-refractivity contribution in [2.24, 2.45) is 0 Å². The fraction of sp³-hybridized carbons (Fsp3) is 0.400. The van der Waals surface area contributed by atoms with Crippen LogP contribution in [0, 0.1) is 0 Å². The number of halogens is 6. The zero-order valence-corrected chi connectivity index (χ0v) is 9.76. The third-order valence-electron chi connectivity index (χ3n) is 2.41. The van der Waals surface area contributed by atoms with Crippen LogP contribution in [0.2, 0.25) is 0 Å². The van der Waals surface area contributed by atoms with Crippen LogP contribution in [0.25, 0.3) is 5.65 Å². The molecule has 2 heterocycles. The number of alkyl halides is 6. The van der Waals surface area contributed by atoms with Crippen molar-refractivity contribution >= 4 is 5.65 Å². The van der Waals surface area contributed by atoms with E-state index < -0.39 is 24.5 Å². The van der Waals surface area contributed by atoms with Gasteiger partial charge in [-0.05, 0) is 12.1 Å². The van der Waals surface area contributed by atoms with Crippen LogP contribution in [0.15, 0.2) is 18.3 Å². The molecule has 0 spiro atoms. The molecule has 0 aliphatic heterocycles. The van der Waals surface area contributed by atoms with Crippen molar-refractivity contribution in [2.75, 3.05) is 6.54 Å². The lowest BCUT2D eigenvalue weighted by Crippen LogP contribution is -2.29. The van der Waals surface area contributed by atoms with Crippen LogP contribution in [0.5, 0.6) is 0 Å². The van der Waals surface area contributed by atoms with Crippen molar-refractivity contribution in [3.05, 3.63) is 29.7 Å². The molecule has 20 heavy (non-hydrogen) atoms. The first-order valence-corrected chi connectivity index (χ1v) is 5.35. The molecule has 0 aliphatic carbocycles. The van der Waals surface area contributed by atoms with Gasteiger partial charge in [0.25, 0.3) is 0 Å². The minimum atomic E-state index is -4.55. The third kappa shape index (κ3) is 3.38. The fourth-order valence-electron chi connectivity index (χ4n) is 1.54. The first-order chi connectivity index (χ1) is 9.17. The van der Waals surface area contributed by atoms with E-state index in [1.54, 1.807) is 0 Å². The first kappa shape index (κ1) is 14.6. The summed E-state index contributed by atoms with van der Waals surface area (Å²) in [4.78, 5) is 0. The molecule has 0 unspecified atom stereocenters. The molecule has 0 saturated heterocycles. The Morgan fingerprint density at radius 1 is 1.05 bits per heavy atom. The van der Waals surface area contributed by atoms with Gasteiger partial charge in [0.2, 0.25) is 0 Å². The smallest absolute Gasteiger partial charge is 0.302 e. The van der Waals surface area contributed by atoms with Gasteiger partial charge in [-0.2, -0.15) is 26.3 Å². The Morgan fingerprint density at radius 3 is 2.35 bits per heavy atom. The molecule has 2 rings (SSSR count). The van der Waals surface area contributed by atoms with Crippen molar-refractivity contribution in [2.45, 2.75) is 18.9 Å². The highest BCUT2D eigenvalue weighted by Gasteiger charge is 2.31. The Kier molecular flexibility index (Phi) is 3.59. The molecule has 0 aliphatic rings. The van der Waals surface area contributed by atoms with E-state index >= 15 is 0 Å². The highest BCUT2D eigenvalue weighted by Crippen LogP contribution is 2.29. The van der Waals surface area contributed by atoms with Crippen molar-refractivity contribution in [1.82, 2.24) is 19.9 Å². The van der Waals surface area contributed by atoms with E-state index in [1.165, 1.54) is 0 Å². The summed E-state index contributed by atoms with van der Waals surface area (Å²) in [5, 5.41) is 9.18. The summed E-state index contributed by atoms with van der Waals surface area (Å²) in [6, 6.07) is 1.93. The van der Waals surface area contributed by atoms with Crippen molar-refractivity contribution < 1.29 is 26.3 Å². The van der Waals surface area contributed by atoms with Crippen LogP contribution in [0.3, 0.4) is 0 Å². The summed E-state index contributed by atoms with van der Waals surface area (Å²) in [6.45, 7) is -1.61. The molecule has 0 radical (unpaired) electrons. The summed E-state index contributed by atoms with van der Waals surface area (Å²) >= 11 is 0. The number of rotatable bonds is 3. The molecule has 0 amide bonds. The lowest BCUT2D eigenvalue weighted by Gasteiger charge is -2.09. The van der Waals surface area contributed by atoms with Gasteiger partial charge in [-0.3, -0.25) is 4.40 Å². The molecular formula is C10H8F6N4. The van der Waals surface area contributed by atoms with Gasteiger partial charge in [0.15, 0.2) is 11.5 Å². The zero-order valence-electron chi connectivity index (χ0n) is 9.76. The van der Waals surface area contributed by atoms with Crippen molar-refractivity contribution in [3.8, 4) is 0 Å². The molecular weight excluding hydrogens is 290 g/mol. The number of nitrogens with one attached hydrogen (secondary N) is 1. The molecule has 0 bridgehead atoms. The van der Waals surface area contributed by atoms with Crippen molar-refractivity contribution in [3.63, 3.8) is 0 Å². The van der Waals surface area contributed by atoms with Crippen LogP contribution >= 0.6 is 0 Å². The number of hydrogen-bond donors (Lipinski definition) is 1. The van der Waals surface area contributed by atoms with E-state index in [0.717, 1.165) is 22.7 Å². The zero-order chi connectivity index (χ0) is 15.0. The second-order valence-corrected chi connectivity index (χ2v) is 3.98. The molecule has 1 N–H and O–H groups in total. The molecule has 2 aromatic rings. The van der Waals surface area contributed by atoms with E-state index in [0.29, 0.717) is 0 Å². The first-order valence-electron chi connectivity index (χ1n) is 5.35. The Bertz CT molecular complexity index is 600. The predicted octanol–water partition coefficient (Wildman–Crippen LogP) is 2.40. The Balaban J connectivity index is 2.22. The number of nitrogens with zero attached hydrogens (tertiary/aromatic N) is 3. The number of aromatic nitrogens is 3. The molecule has 4 nitrogen and oxygen atoms in total. The molecule has 2 aromatic heterocycles. The summed E-state index contributed by atoms with van der Waals surface area (Å²) in [7, 11) is 0. The highest BCUT2D eigenvalue weighted by atomic mass is 19.4. The minimum absolute atomic E-state index is 0.0321. The average Bonchev–Trinajstić information content (AvgIpc) is 2.69. The lowest BCUT2D eigenvalue weighted by atomic mass is 10.3. The van der Waals surface area contributed by atoms with E-state index in [2.05, 4.69) is 10.2 Å². The quantitative estimate of drug-likeness (QED) is 0.885. The van der Waals surface area contributed by atoms with Gasteiger partial charge >= 0.3 is 12.4 Å². The van der Waals surface area contributed by atoms with Crippen LogP contribution in [0.4, 0.5) is 26.3 Å². The van der Waals surface area contributed by atoms with E-state index in [-0.39, 0.29) is 18.0 Å². The van der Waals surface area contributed by atoms with E-state index in [1.807, 2.05) is 5.32 Å². The van der Waals surface area contributed by atoms with E-state index in [4.69, 9.17) is 0 Å². The SMILES string of the molecule is FC(F)(F)CNCc1nnc2ccc(C(F)(F)F)cn12. The summed E-state index contributed by atoms with van der Waals surface area (Å²) < 4.78 is 74.5. The molecule has 0 aromatic carbocycles. The van der Waals surface area contributed by atoms with Crippen LogP contribution < -0.4 is 5.32 Å². The van der Waals surface area contributed by atoms with Gasteiger partial charge in [-0.15, -0.1) is 10.2 Å². The number of fused-ring (bicyclic) bond motifs is 1. The van der Waals surface area contributed by atoms with Gasteiger partial charge in [-0.1, -0.05) is 0 Å². The van der Waals surface area contributed by atoms with Crippen LogP contribution in [0.1, 0.15) is 11.4 Å². The van der Waals surface area contributed by atoms with Gasteiger partial charge in [0.05, 0.1) is 18.7 Å². The number of hydrogen-bond acceptors (Lipinski definition) is 3. The fourth-order valence-corrected chi connectivity index (χ4v) is 1.54. The Morgan fingerprint density at radius 2 is 1.75 bits per heavy atom. The average molecular weight is 298 g/mol. The lowest BCUT2D eigenvalue weighted by molar-refractivity contribution is -0.137. The largest absolute Gasteiger partial charge is 0.417 e. The summed E-state index contributed by atoms with van der Waals surface area (Å²) in [5.74, 6) is -0.0321. The van der Waals surface area contributed by atoms with Crippen LogP contribution in [-0.2, 0) is 12.7 Å². The molecule has 110 valence electrons. The molecule has 0 fully saturated rings. The van der Waals surface area contributed by atoms with Gasteiger partial charge in [-0.25, -0.2) is 0 Å². The van der Waals surface area contributed by atoms with Crippen molar-refractivity contribution in [1.29, 1.82) is 0 Å². The normalized spacial score (nSPS) is 13.1. The second kappa shape index (κ2) is 4.93. The molecule has 10 heteroatoms. The molecule has 0 saturated carbocycles. The Labute approximate surface area is 108 Å². The summed E-state index contributed by atoms with van der Waals surface area (Å²) in [5.41, 5.74) is -0.802. The van der Waals surface area contributed by atoms with Crippen LogP contribution in [-0.4, -0.2) is 27.3 Å². The van der Waals surface area contributed by atoms with Gasteiger partial charge in [0, 0.05) is 6.20 Å². The summed E-state index contributed by atoms with van der Waals surface area (Å²) in [6.07, 6.45) is -8.20. The third-order valence-corrected chi connectivity index (χ3v) is 2.41. The monoisotopic (exact) mass is 298 g/mol. The minimum Gasteiger partial charge on any atom is -0.302 e. The van der Waals surface area contributed by atoms with Gasteiger partial charge in [0.1, 0.15) is 0 Å². The predicted molar refractivity (Wildman–Crippen MR) is 55.8 cm³/mol. The Hall–Kier alpha value is -1.84. The standard InChI is InChI=1S/C10H8F6N4/c11-9(12,13)5-17-3-8-19-18-7-2-1-6(4-20(7)8)10(14,15)16/h1-2,4,17H,3,5H2. The number of pyridine rings is 1. The maximum Gasteiger partial charge on any atom is 0.417 e. The molecule has 0 atom stereocenters. The second-order valence-electron chi connectivity index (χ2n) is 3.98. The maximum atomic E-state index is 12.5. The maximum absolute atomic E-state index is 12.5. The topological polar surface area (TPSA) is 42.2 Å². The highest BCUT2D eigenvalue weighted by molar-refractivity contribution is 5.40.